The van der Waals surface area contributed by atoms with Gasteiger partial charge in [-0.2, -0.15) is 0 Å². The van der Waals surface area contributed by atoms with E-state index in [-0.39, 0.29) is 6.42 Å². The molecule has 0 amide bonds. The van der Waals surface area contributed by atoms with Crippen molar-refractivity contribution in [3.05, 3.63) is 17.8 Å². The van der Waals surface area contributed by atoms with Crippen molar-refractivity contribution in [3.63, 3.8) is 0 Å². The van der Waals surface area contributed by atoms with Gasteiger partial charge < -0.3 is 9.52 Å². The third-order valence-corrected chi connectivity index (χ3v) is 0.995. The first-order valence-corrected chi connectivity index (χ1v) is 2.81. The van der Waals surface area contributed by atoms with Crippen molar-refractivity contribution in [2.75, 3.05) is 0 Å². The largest absolute Gasteiger partial charge is 0.481 e. The third kappa shape index (κ3) is 1.58. The van der Waals surface area contributed by atoms with Gasteiger partial charge in [0.2, 0.25) is 0 Å². The molecule has 1 heterocycles. The number of carboxylic acids is 1. The molecule has 10 heavy (non-hydrogen) atoms. The molecule has 4 heteroatoms. The molecule has 4 nitrogen and oxygen atoms in total. The van der Waals surface area contributed by atoms with Crippen LogP contribution < -0.4 is 0 Å². The average molecular weight is 141 g/mol. The number of aliphatic carboxylic acids is 1. The molecular weight excluding hydrogens is 134 g/mol. The summed E-state index contributed by atoms with van der Waals surface area (Å²) in [5.74, 6) is -0.0163. The average Bonchev–Trinajstić information content (AvgIpc) is 2.13. The summed E-state index contributed by atoms with van der Waals surface area (Å²) in [6, 6.07) is 0. The monoisotopic (exact) mass is 141 g/mol. The Bertz CT molecular complexity index is 241. The number of rotatable bonds is 2. The van der Waals surface area contributed by atoms with E-state index in [4.69, 9.17) is 9.52 Å². The molecule has 1 N–H and O–H groups in total. The van der Waals surface area contributed by atoms with Crippen LogP contribution in [0, 0.1) is 6.92 Å². The molecule has 0 fully saturated rings. The maximum Gasteiger partial charge on any atom is 0.311 e. The highest BCUT2D eigenvalue weighted by molar-refractivity contribution is 5.69. The number of nitrogens with zero attached hydrogens (tertiary/aromatic N) is 1. The second kappa shape index (κ2) is 2.51. The highest BCUT2D eigenvalue weighted by Crippen LogP contribution is 2.01. The number of carbonyl (C=O) groups is 1. The topological polar surface area (TPSA) is 63.3 Å². The summed E-state index contributed by atoms with van der Waals surface area (Å²) in [6.45, 7) is 1.67. The van der Waals surface area contributed by atoms with Crippen molar-refractivity contribution in [3.8, 4) is 0 Å². The Labute approximate surface area is 57.5 Å². The quantitative estimate of drug-likeness (QED) is 0.655. The van der Waals surface area contributed by atoms with E-state index in [1.165, 1.54) is 6.20 Å². The van der Waals surface area contributed by atoms with Crippen LogP contribution in [0.1, 0.15) is 11.7 Å². The summed E-state index contributed by atoms with van der Waals surface area (Å²) < 4.78 is 4.90. The predicted octanol–water partition coefficient (Wildman–Crippen LogP) is 0.610. The van der Waals surface area contributed by atoms with E-state index in [0.29, 0.717) is 11.7 Å². The summed E-state index contributed by atoms with van der Waals surface area (Å²) in [7, 11) is 0. The molecule has 0 atom stereocenters. The van der Waals surface area contributed by atoms with Crippen LogP contribution in [0.5, 0.6) is 0 Å². The molecular formula is C6H7NO3. The normalized spacial score (nSPS) is 9.70. The van der Waals surface area contributed by atoms with Gasteiger partial charge in [0, 0.05) is 6.92 Å². The number of oxazole rings is 1. The predicted molar refractivity (Wildman–Crippen MR) is 32.6 cm³/mol. The van der Waals surface area contributed by atoms with Crippen LogP contribution in [0.4, 0.5) is 0 Å². The summed E-state index contributed by atoms with van der Waals surface area (Å²) in [5.41, 5.74) is 0. The zero-order valence-corrected chi connectivity index (χ0v) is 5.50. The minimum atomic E-state index is -0.906. The standard InChI is InChI=1S/C6H7NO3/c1-4-7-3-5(10-4)2-6(8)9/h3H,2H2,1H3,(H,8,9). The number of hydrogen-bond donors (Lipinski definition) is 1. The highest BCUT2D eigenvalue weighted by Gasteiger charge is 2.03. The fourth-order valence-electron chi connectivity index (χ4n) is 0.636. The van der Waals surface area contributed by atoms with Gasteiger partial charge in [-0.3, -0.25) is 4.79 Å². The van der Waals surface area contributed by atoms with Crippen molar-refractivity contribution in [2.45, 2.75) is 13.3 Å². The lowest BCUT2D eigenvalue weighted by atomic mass is 10.4. The van der Waals surface area contributed by atoms with Crippen LogP contribution in [-0.2, 0) is 11.2 Å². The molecule has 0 aromatic carbocycles. The molecule has 1 rings (SSSR count). The number of hydrogen-bond acceptors (Lipinski definition) is 3. The first-order chi connectivity index (χ1) is 4.68. The van der Waals surface area contributed by atoms with Crippen LogP contribution in [0.3, 0.4) is 0 Å². The number of aryl methyl sites for hydroxylation is 1. The summed E-state index contributed by atoms with van der Waals surface area (Å²) in [5, 5.41) is 8.29. The van der Waals surface area contributed by atoms with Gasteiger partial charge in [0.15, 0.2) is 5.89 Å². The van der Waals surface area contributed by atoms with Gasteiger partial charge in [0.05, 0.1) is 6.20 Å². The molecule has 0 spiro atoms. The minimum Gasteiger partial charge on any atom is -0.481 e. The fraction of sp³-hybridized carbons (Fsp3) is 0.333. The molecule has 0 aliphatic rings. The Morgan fingerprint density at radius 1 is 1.90 bits per heavy atom. The summed E-state index contributed by atoms with van der Waals surface area (Å²) in [4.78, 5) is 13.8. The third-order valence-electron chi connectivity index (χ3n) is 0.995. The molecule has 0 bridgehead atoms. The SMILES string of the molecule is Cc1ncc(CC(=O)O)o1. The number of aromatic nitrogens is 1. The van der Waals surface area contributed by atoms with E-state index in [1.807, 2.05) is 0 Å². The Hall–Kier alpha value is -1.32. The van der Waals surface area contributed by atoms with E-state index in [9.17, 15) is 4.79 Å². The first-order valence-electron chi connectivity index (χ1n) is 2.81. The lowest BCUT2D eigenvalue weighted by molar-refractivity contribution is -0.136. The van der Waals surface area contributed by atoms with E-state index in [2.05, 4.69) is 4.98 Å². The minimum absolute atomic E-state index is 0.0964. The lowest BCUT2D eigenvalue weighted by Gasteiger charge is -1.85. The van der Waals surface area contributed by atoms with Gasteiger partial charge in [0.1, 0.15) is 12.2 Å². The zero-order chi connectivity index (χ0) is 7.56. The molecule has 0 radical (unpaired) electrons. The van der Waals surface area contributed by atoms with Crippen molar-refractivity contribution in [1.29, 1.82) is 0 Å². The van der Waals surface area contributed by atoms with Gasteiger partial charge in [-0.1, -0.05) is 0 Å². The Kier molecular flexibility index (Phi) is 1.71. The van der Waals surface area contributed by atoms with Crippen molar-refractivity contribution in [2.24, 2.45) is 0 Å². The van der Waals surface area contributed by atoms with Crippen molar-refractivity contribution >= 4 is 5.97 Å². The van der Waals surface area contributed by atoms with Crippen LogP contribution in [-0.4, -0.2) is 16.1 Å². The maximum atomic E-state index is 10.1. The summed E-state index contributed by atoms with van der Waals surface area (Å²) in [6.07, 6.45) is 1.32. The van der Waals surface area contributed by atoms with Gasteiger partial charge in [0.25, 0.3) is 0 Å². The lowest BCUT2D eigenvalue weighted by Crippen LogP contribution is -1.97. The maximum absolute atomic E-state index is 10.1. The van der Waals surface area contributed by atoms with Gasteiger partial charge in [-0.05, 0) is 0 Å². The molecule has 1 aromatic rings. The van der Waals surface area contributed by atoms with E-state index < -0.39 is 5.97 Å². The van der Waals surface area contributed by atoms with Crippen LogP contribution in [0.2, 0.25) is 0 Å². The molecule has 1 aromatic heterocycles. The molecule has 54 valence electrons. The second-order valence-corrected chi connectivity index (χ2v) is 1.92. The molecule has 0 saturated carbocycles. The van der Waals surface area contributed by atoms with Gasteiger partial charge >= 0.3 is 5.97 Å². The Morgan fingerprint density at radius 3 is 3.00 bits per heavy atom. The first kappa shape index (κ1) is 6.80. The smallest absolute Gasteiger partial charge is 0.311 e. The van der Waals surface area contributed by atoms with Crippen molar-refractivity contribution in [1.82, 2.24) is 4.98 Å². The Morgan fingerprint density at radius 2 is 2.60 bits per heavy atom. The van der Waals surface area contributed by atoms with Crippen molar-refractivity contribution < 1.29 is 14.3 Å². The Balaban J connectivity index is 2.67. The molecule has 0 unspecified atom stereocenters. The second-order valence-electron chi connectivity index (χ2n) is 1.92. The van der Waals surface area contributed by atoms with Gasteiger partial charge in [-0.25, -0.2) is 4.98 Å². The van der Waals surface area contributed by atoms with Crippen LogP contribution >= 0.6 is 0 Å². The molecule has 0 saturated heterocycles. The summed E-state index contributed by atoms with van der Waals surface area (Å²) >= 11 is 0. The van der Waals surface area contributed by atoms with Crippen LogP contribution in [0.15, 0.2) is 10.6 Å². The highest BCUT2D eigenvalue weighted by atomic mass is 16.4. The molecule has 0 aliphatic heterocycles. The molecule has 0 aliphatic carbocycles. The van der Waals surface area contributed by atoms with Crippen LogP contribution in [0.25, 0.3) is 0 Å². The van der Waals surface area contributed by atoms with E-state index >= 15 is 0 Å². The zero-order valence-electron chi connectivity index (χ0n) is 5.50. The van der Waals surface area contributed by atoms with E-state index in [0.717, 1.165) is 0 Å². The van der Waals surface area contributed by atoms with E-state index in [1.54, 1.807) is 6.92 Å². The number of carboxylic acid groups (broad SMARTS) is 1. The van der Waals surface area contributed by atoms with Gasteiger partial charge in [-0.15, -0.1) is 0 Å². The fourth-order valence-corrected chi connectivity index (χ4v) is 0.636.